The maximum Gasteiger partial charge on any atom is 0.338 e. The molecular formula is C28H30O8. The molecule has 0 atom stereocenters. The van der Waals surface area contributed by atoms with E-state index in [0.717, 1.165) is 0 Å². The first kappa shape index (κ1) is 28.0. The fourth-order valence-electron chi connectivity index (χ4n) is 2.53. The van der Waals surface area contributed by atoms with Gasteiger partial charge in [-0.3, -0.25) is 9.59 Å². The van der Waals surface area contributed by atoms with E-state index in [2.05, 4.69) is 13.2 Å². The fourth-order valence-corrected chi connectivity index (χ4v) is 2.53. The molecule has 2 aromatic rings. The van der Waals surface area contributed by atoms with Crippen LogP contribution >= 0.6 is 0 Å². The Morgan fingerprint density at radius 1 is 0.583 bits per heavy atom. The summed E-state index contributed by atoms with van der Waals surface area (Å²) in [6.07, 6.45) is 0. The summed E-state index contributed by atoms with van der Waals surface area (Å²) in [4.78, 5) is 48.7. The van der Waals surface area contributed by atoms with Crippen molar-refractivity contribution in [2.75, 3.05) is 0 Å². The van der Waals surface area contributed by atoms with Crippen LogP contribution in [0, 0.1) is 11.8 Å². The van der Waals surface area contributed by atoms with Crippen molar-refractivity contribution in [2.45, 2.75) is 41.5 Å². The number of ether oxygens (including phenoxy) is 4. The third-order valence-electron chi connectivity index (χ3n) is 4.69. The van der Waals surface area contributed by atoms with Gasteiger partial charge in [-0.15, -0.1) is 0 Å². The molecule has 0 N–H and O–H groups in total. The Bertz CT molecular complexity index is 1220. The van der Waals surface area contributed by atoms with Gasteiger partial charge in [0.1, 0.15) is 0 Å². The maximum atomic E-state index is 12.3. The van der Waals surface area contributed by atoms with E-state index in [9.17, 15) is 19.2 Å². The number of carbonyl (C=O) groups is 4. The summed E-state index contributed by atoms with van der Waals surface area (Å²) in [7, 11) is 0. The zero-order valence-corrected chi connectivity index (χ0v) is 21.3. The van der Waals surface area contributed by atoms with Crippen LogP contribution < -0.4 is 18.9 Å². The lowest BCUT2D eigenvalue weighted by molar-refractivity contribution is -0.139. The minimum Gasteiger partial charge on any atom is -0.422 e. The van der Waals surface area contributed by atoms with E-state index in [1.165, 1.54) is 38.1 Å². The molecule has 0 amide bonds. The highest BCUT2D eigenvalue weighted by atomic mass is 16.6. The Hall–Kier alpha value is -4.20. The number of hydrogen-bond acceptors (Lipinski definition) is 8. The molecule has 8 heteroatoms. The van der Waals surface area contributed by atoms with Crippen LogP contribution in [0.15, 0.2) is 60.7 Å². The minimum atomic E-state index is -0.692. The first-order valence-electron chi connectivity index (χ1n) is 11.3. The molecule has 2 aromatic carbocycles. The van der Waals surface area contributed by atoms with Crippen molar-refractivity contribution in [1.29, 1.82) is 0 Å². The molecular weight excluding hydrogens is 464 g/mol. The molecule has 190 valence electrons. The average molecular weight is 495 g/mol. The Morgan fingerprint density at radius 2 is 0.917 bits per heavy atom. The van der Waals surface area contributed by atoms with Crippen molar-refractivity contribution < 1.29 is 38.1 Å². The summed E-state index contributed by atoms with van der Waals surface area (Å²) in [5, 5.41) is 0. The van der Waals surface area contributed by atoms with E-state index in [1.54, 1.807) is 39.8 Å². The summed E-state index contributed by atoms with van der Waals surface area (Å²) in [5.41, 5.74) is 1.43. The fraction of sp³-hybridized carbons (Fsp3) is 0.286. The van der Waals surface area contributed by atoms with Crippen LogP contribution in [0.25, 0.3) is 11.1 Å². The summed E-state index contributed by atoms with van der Waals surface area (Å²) >= 11 is 0. The molecule has 8 nitrogen and oxygen atoms in total. The lowest BCUT2D eigenvalue weighted by Crippen LogP contribution is -2.17. The minimum absolute atomic E-state index is 0.00742. The molecule has 0 heterocycles. The van der Waals surface area contributed by atoms with Crippen molar-refractivity contribution in [2.24, 2.45) is 11.8 Å². The predicted molar refractivity (Wildman–Crippen MR) is 134 cm³/mol. The molecule has 0 unspecified atom stereocenters. The van der Waals surface area contributed by atoms with Gasteiger partial charge in [0.15, 0.2) is 23.0 Å². The first-order valence-corrected chi connectivity index (χ1v) is 11.3. The summed E-state index contributed by atoms with van der Waals surface area (Å²) in [6.45, 7) is 16.8. The average Bonchev–Trinajstić information content (AvgIpc) is 2.80. The highest BCUT2D eigenvalue weighted by molar-refractivity contribution is 5.90. The van der Waals surface area contributed by atoms with Gasteiger partial charge in [0.2, 0.25) is 0 Å². The second-order valence-electron chi connectivity index (χ2n) is 8.81. The van der Waals surface area contributed by atoms with Gasteiger partial charge in [0, 0.05) is 11.1 Å². The summed E-state index contributed by atoms with van der Waals surface area (Å²) in [5.74, 6) is -3.08. The molecule has 0 saturated heterocycles. The van der Waals surface area contributed by atoms with E-state index in [4.69, 9.17) is 18.9 Å². The van der Waals surface area contributed by atoms with Crippen LogP contribution in [0.5, 0.6) is 23.0 Å². The lowest BCUT2D eigenvalue weighted by atomic mass is 10.0. The van der Waals surface area contributed by atoms with Crippen molar-refractivity contribution in [3.8, 4) is 34.1 Å². The van der Waals surface area contributed by atoms with Crippen molar-refractivity contribution >= 4 is 23.9 Å². The molecule has 36 heavy (non-hydrogen) atoms. The topological polar surface area (TPSA) is 105 Å². The van der Waals surface area contributed by atoms with Gasteiger partial charge >= 0.3 is 23.9 Å². The van der Waals surface area contributed by atoms with Crippen LogP contribution in [-0.2, 0) is 19.2 Å². The van der Waals surface area contributed by atoms with Crippen molar-refractivity contribution in [1.82, 2.24) is 0 Å². The van der Waals surface area contributed by atoms with Gasteiger partial charge in [0.25, 0.3) is 0 Å². The second kappa shape index (κ2) is 12.0. The molecule has 0 bridgehead atoms. The smallest absolute Gasteiger partial charge is 0.338 e. The summed E-state index contributed by atoms with van der Waals surface area (Å²) in [6, 6.07) is 9.27. The van der Waals surface area contributed by atoms with Crippen LogP contribution in [0.3, 0.4) is 0 Å². The van der Waals surface area contributed by atoms with Gasteiger partial charge in [-0.2, -0.15) is 0 Å². The van der Waals surface area contributed by atoms with E-state index < -0.39 is 35.7 Å². The zero-order chi connectivity index (χ0) is 27.2. The Labute approximate surface area is 210 Å². The third kappa shape index (κ3) is 7.40. The van der Waals surface area contributed by atoms with Gasteiger partial charge < -0.3 is 18.9 Å². The van der Waals surface area contributed by atoms with Crippen LogP contribution in [0.1, 0.15) is 41.5 Å². The number of carbonyl (C=O) groups excluding carboxylic acids is 4. The van der Waals surface area contributed by atoms with Gasteiger partial charge in [-0.25, -0.2) is 9.59 Å². The molecule has 0 saturated carbocycles. The van der Waals surface area contributed by atoms with Gasteiger partial charge in [0.05, 0.1) is 11.8 Å². The standard InChI is InChI=1S/C28H30O8/c1-15(2)25(29)33-21-11-9-19(13-23(21)35-27(31)17(5)6)20-10-12-22(34-26(30)16(3)4)24(14-20)36-28(32)18(7)8/h9-14,16-17H,1,7H2,2-6,8H3. The van der Waals surface area contributed by atoms with E-state index in [1.807, 2.05) is 0 Å². The number of hydrogen-bond donors (Lipinski definition) is 0. The van der Waals surface area contributed by atoms with Crippen molar-refractivity contribution in [3.05, 3.63) is 60.7 Å². The molecule has 0 aliphatic rings. The second-order valence-corrected chi connectivity index (χ2v) is 8.81. The van der Waals surface area contributed by atoms with Crippen LogP contribution in [0.2, 0.25) is 0 Å². The largest absolute Gasteiger partial charge is 0.422 e. The summed E-state index contributed by atoms with van der Waals surface area (Å²) < 4.78 is 21.6. The van der Waals surface area contributed by atoms with Crippen molar-refractivity contribution in [3.63, 3.8) is 0 Å². The highest BCUT2D eigenvalue weighted by Crippen LogP contribution is 2.38. The Kier molecular flexibility index (Phi) is 9.32. The molecule has 0 aliphatic carbocycles. The Morgan fingerprint density at radius 3 is 1.31 bits per heavy atom. The van der Waals surface area contributed by atoms with E-state index in [-0.39, 0.29) is 34.1 Å². The SMILES string of the molecule is C=C(C)C(=O)Oc1cc(-c2ccc(OC(=O)C(=C)C)c(OC(=O)C(C)C)c2)ccc1OC(=O)C(C)C. The number of benzene rings is 2. The first-order chi connectivity index (χ1) is 16.8. The van der Waals surface area contributed by atoms with E-state index >= 15 is 0 Å². The van der Waals surface area contributed by atoms with Gasteiger partial charge in [-0.05, 0) is 49.2 Å². The Balaban J connectivity index is 2.56. The highest BCUT2D eigenvalue weighted by Gasteiger charge is 2.20. The third-order valence-corrected chi connectivity index (χ3v) is 4.69. The normalized spacial score (nSPS) is 10.6. The maximum absolute atomic E-state index is 12.3. The monoisotopic (exact) mass is 494 g/mol. The number of rotatable bonds is 9. The molecule has 2 rings (SSSR count). The molecule has 0 radical (unpaired) electrons. The quantitative estimate of drug-likeness (QED) is 0.258. The van der Waals surface area contributed by atoms with Crippen LogP contribution in [0.4, 0.5) is 0 Å². The molecule has 0 aliphatic heterocycles. The molecule has 0 fully saturated rings. The van der Waals surface area contributed by atoms with Crippen LogP contribution in [-0.4, -0.2) is 23.9 Å². The predicted octanol–water partition coefficient (Wildman–Crippen LogP) is 5.44. The zero-order valence-electron chi connectivity index (χ0n) is 21.3. The van der Waals surface area contributed by atoms with Gasteiger partial charge in [-0.1, -0.05) is 53.0 Å². The lowest BCUT2D eigenvalue weighted by Gasteiger charge is -2.15. The molecule has 0 aromatic heterocycles. The number of esters is 4. The molecule has 0 spiro atoms. The van der Waals surface area contributed by atoms with E-state index in [0.29, 0.717) is 11.1 Å².